The van der Waals surface area contributed by atoms with Crippen molar-refractivity contribution in [3.63, 3.8) is 0 Å². The van der Waals surface area contributed by atoms with E-state index in [1.165, 1.54) is 144 Å². The number of hydrogen-bond donors (Lipinski definition) is 1. The highest BCUT2D eigenvalue weighted by Gasteiger charge is 2.41. The average Bonchev–Trinajstić information content (AvgIpc) is 4.00. The molecule has 1 radical (unpaired) electrons. The molecule has 0 spiro atoms. The van der Waals surface area contributed by atoms with Crippen LogP contribution in [0.1, 0.15) is 128 Å². The van der Waals surface area contributed by atoms with Gasteiger partial charge < -0.3 is 9.88 Å². The molecule has 343 valence electrons. The molecule has 10 aromatic rings. The lowest BCUT2D eigenvalue weighted by molar-refractivity contribution is 0.332. The Bertz CT molecular complexity index is 3970. The van der Waals surface area contributed by atoms with Gasteiger partial charge in [-0.3, -0.25) is 0 Å². The SMILES string of the molecule is CC(C)(C)c1ccc(Nc2cc3sc4cc5c(cc4c3cc2-c2ccc3c4c6c(ccc4n4c3c2[B]c2cc3c(cc2-4)-c2ccccc2C3(C)C)C(C)(C)c2ccccc2-6)C(C)(C)CCC5(C)C)cc1. The predicted molar refractivity (Wildman–Crippen MR) is 303 cm³/mol. The molecule has 8 aromatic carbocycles. The summed E-state index contributed by atoms with van der Waals surface area (Å²) in [5.41, 5.74) is 26.6. The van der Waals surface area contributed by atoms with E-state index in [1.807, 2.05) is 11.3 Å². The number of nitrogens with one attached hydrogen (secondary N) is 1. The van der Waals surface area contributed by atoms with Gasteiger partial charge in [-0.25, -0.2) is 0 Å². The third-order valence-corrected chi connectivity index (χ3v) is 19.0. The molecular formula is C66H60BN2S. The Morgan fingerprint density at radius 2 is 1.17 bits per heavy atom. The zero-order chi connectivity index (χ0) is 48.2. The van der Waals surface area contributed by atoms with E-state index >= 15 is 0 Å². The van der Waals surface area contributed by atoms with Crippen LogP contribution in [0.15, 0.2) is 133 Å². The van der Waals surface area contributed by atoms with Crippen molar-refractivity contribution in [3.05, 3.63) is 172 Å². The van der Waals surface area contributed by atoms with Gasteiger partial charge in [0.25, 0.3) is 0 Å². The van der Waals surface area contributed by atoms with E-state index in [4.69, 9.17) is 0 Å². The minimum atomic E-state index is -0.119. The van der Waals surface area contributed by atoms with Gasteiger partial charge in [0.1, 0.15) is 0 Å². The fourth-order valence-electron chi connectivity index (χ4n) is 13.7. The smallest absolute Gasteiger partial charge is 0.197 e. The van der Waals surface area contributed by atoms with Gasteiger partial charge in [-0.2, -0.15) is 0 Å². The van der Waals surface area contributed by atoms with Gasteiger partial charge in [0.05, 0.1) is 5.52 Å². The molecule has 0 saturated carbocycles. The molecule has 0 bridgehead atoms. The molecule has 0 atom stereocenters. The zero-order valence-corrected chi connectivity index (χ0v) is 43.4. The maximum absolute atomic E-state index is 4.04. The minimum absolute atomic E-state index is 0.0701. The summed E-state index contributed by atoms with van der Waals surface area (Å²) in [6, 6.07) is 52.4. The van der Waals surface area contributed by atoms with Crippen LogP contribution in [0.3, 0.4) is 0 Å². The van der Waals surface area contributed by atoms with Crippen molar-refractivity contribution in [1.82, 2.24) is 4.57 Å². The minimum Gasteiger partial charge on any atom is -0.355 e. The number of aromatic nitrogens is 1. The fourth-order valence-corrected chi connectivity index (χ4v) is 14.8. The van der Waals surface area contributed by atoms with Gasteiger partial charge in [-0.15, -0.1) is 11.3 Å². The lowest BCUT2D eigenvalue weighted by atomic mass is 9.58. The molecule has 3 heterocycles. The highest BCUT2D eigenvalue weighted by molar-refractivity contribution is 7.25. The van der Waals surface area contributed by atoms with E-state index in [-0.39, 0.29) is 27.1 Å². The molecule has 0 fully saturated rings. The Labute approximate surface area is 418 Å². The summed E-state index contributed by atoms with van der Waals surface area (Å²) in [5.74, 6) is 0. The molecule has 4 aliphatic rings. The number of anilines is 2. The number of nitrogens with zero attached hydrogens (tertiary/aromatic N) is 1. The van der Waals surface area contributed by atoms with Crippen LogP contribution in [0.5, 0.6) is 0 Å². The highest BCUT2D eigenvalue weighted by Crippen LogP contribution is 2.56. The van der Waals surface area contributed by atoms with Crippen LogP contribution < -0.4 is 16.2 Å². The summed E-state index contributed by atoms with van der Waals surface area (Å²) < 4.78 is 5.34. The first kappa shape index (κ1) is 42.5. The van der Waals surface area contributed by atoms with Crippen LogP contribution in [0.2, 0.25) is 0 Å². The second kappa shape index (κ2) is 13.7. The van der Waals surface area contributed by atoms with Gasteiger partial charge in [0.2, 0.25) is 0 Å². The second-order valence-corrected chi connectivity index (χ2v) is 25.8. The molecule has 14 rings (SSSR count). The van der Waals surface area contributed by atoms with Gasteiger partial charge in [0, 0.05) is 69.9 Å². The number of rotatable bonds is 3. The topological polar surface area (TPSA) is 17.0 Å². The van der Waals surface area contributed by atoms with Gasteiger partial charge in [0.15, 0.2) is 7.28 Å². The highest BCUT2D eigenvalue weighted by atomic mass is 32.1. The number of benzene rings is 8. The molecule has 1 N–H and O–H groups in total. The van der Waals surface area contributed by atoms with E-state index in [1.54, 1.807) is 0 Å². The summed E-state index contributed by atoms with van der Waals surface area (Å²) in [5, 5.41) is 9.42. The lowest BCUT2D eigenvalue weighted by Gasteiger charge is -2.41. The van der Waals surface area contributed by atoms with Crippen LogP contribution in [0, 0.1) is 0 Å². The maximum Gasteiger partial charge on any atom is 0.197 e. The third kappa shape index (κ3) is 5.63. The van der Waals surface area contributed by atoms with E-state index in [0.717, 1.165) is 11.4 Å². The second-order valence-electron chi connectivity index (χ2n) is 24.7. The molecule has 4 heteroatoms. The first-order chi connectivity index (χ1) is 33.3. The number of hydrogen-bond acceptors (Lipinski definition) is 2. The monoisotopic (exact) mass is 923 g/mol. The van der Waals surface area contributed by atoms with Crippen molar-refractivity contribution < 1.29 is 0 Å². The summed E-state index contributed by atoms with van der Waals surface area (Å²) >= 11 is 1.95. The molecule has 0 saturated heterocycles. The fraction of sp³-hybridized carbons (Fsp3) is 0.273. The Balaban J connectivity index is 1.08. The third-order valence-electron chi connectivity index (χ3n) is 17.9. The molecular weight excluding hydrogens is 864 g/mol. The first-order valence-corrected chi connectivity index (χ1v) is 26.4. The molecule has 3 aliphatic carbocycles. The van der Waals surface area contributed by atoms with E-state index in [9.17, 15) is 0 Å². The van der Waals surface area contributed by atoms with Crippen molar-refractivity contribution in [1.29, 1.82) is 0 Å². The molecule has 2 aromatic heterocycles. The molecule has 0 unspecified atom stereocenters. The van der Waals surface area contributed by atoms with Crippen molar-refractivity contribution in [3.8, 4) is 39.1 Å². The largest absolute Gasteiger partial charge is 0.355 e. The molecule has 0 amide bonds. The van der Waals surface area contributed by atoms with Crippen LogP contribution >= 0.6 is 11.3 Å². The van der Waals surface area contributed by atoms with Crippen molar-refractivity contribution in [2.24, 2.45) is 0 Å². The Morgan fingerprint density at radius 3 is 1.90 bits per heavy atom. The molecule has 1 aliphatic heterocycles. The van der Waals surface area contributed by atoms with Gasteiger partial charge in [-0.05, 0) is 150 Å². The molecule has 70 heavy (non-hydrogen) atoms. The lowest BCUT2D eigenvalue weighted by Crippen LogP contribution is -2.38. The Kier molecular flexibility index (Phi) is 8.34. The standard InChI is InChI=1S/C66H60BN2S/c1-62(2,3)36-20-22-37(23-21-36)68-53-35-57-44(45-31-50-51(34-56(45)70-57)64(6,7)29-28-63(50,4)5)30-43(53)39-24-25-41-59-54(27-26-48-58(59)40-17-13-15-19-47(40)65(48,8)9)69-55-32-42-38-16-12-14-18-46(38)66(10,11)49(42)33-52(55)67-60(39)61(41)69/h12-27,30-35,68H,28-29H2,1-11H3. The average molecular weight is 924 g/mol. The molecule has 2 nitrogen and oxygen atoms in total. The Hall–Kier alpha value is -6.36. The van der Waals surface area contributed by atoms with Crippen LogP contribution in [-0.2, 0) is 27.1 Å². The zero-order valence-electron chi connectivity index (χ0n) is 42.5. The van der Waals surface area contributed by atoms with E-state index in [0.29, 0.717) is 0 Å². The van der Waals surface area contributed by atoms with Gasteiger partial charge in [-0.1, -0.05) is 167 Å². The number of thiophene rings is 1. The summed E-state index contributed by atoms with van der Waals surface area (Å²) in [4.78, 5) is 0. The van der Waals surface area contributed by atoms with E-state index < -0.39 is 0 Å². The quantitative estimate of drug-likeness (QED) is 0.175. The van der Waals surface area contributed by atoms with Crippen LogP contribution in [0.4, 0.5) is 11.4 Å². The summed E-state index contributed by atoms with van der Waals surface area (Å²) in [6.07, 6.45) is 2.40. The predicted octanol–water partition coefficient (Wildman–Crippen LogP) is 16.8. The first-order valence-electron chi connectivity index (χ1n) is 25.6. The van der Waals surface area contributed by atoms with Crippen molar-refractivity contribution in [2.75, 3.05) is 5.32 Å². The number of fused-ring (bicyclic) bond motifs is 16. The Morgan fingerprint density at radius 1 is 0.529 bits per heavy atom. The van der Waals surface area contributed by atoms with Gasteiger partial charge >= 0.3 is 0 Å². The normalized spacial score (nSPS) is 17.2. The summed E-state index contributed by atoms with van der Waals surface area (Å²) in [7, 11) is 2.54. The van der Waals surface area contributed by atoms with E-state index in [2.05, 4.69) is 227 Å². The summed E-state index contributed by atoms with van der Waals surface area (Å²) in [6.45, 7) is 26.3. The maximum atomic E-state index is 4.04. The van der Waals surface area contributed by atoms with Crippen LogP contribution in [0.25, 0.3) is 81.0 Å². The van der Waals surface area contributed by atoms with Crippen molar-refractivity contribution in [2.45, 2.75) is 116 Å². The van der Waals surface area contributed by atoms with Crippen molar-refractivity contribution >= 4 is 82.9 Å². The van der Waals surface area contributed by atoms with Crippen LogP contribution in [-0.4, -0.2) is 11.8 Å².